The summed E-state index contributed by atoms with van der Waals surface area (Å²) in [5.41, 5.74) is 4.24. The van der Waals surface area contributed by atoms with Crippen LogP contribution in [-0.2, 0) is 16.9 Å². The third-order valence-electron chi connectivity index (χ3n) is 5.80. The summed E-state index contributed by atoms with van der Waals surface area (Å²) in [4.78, 5) is 4.64. The predicted molar refractivity (Wildman–Crippen MR) is 122 cm³/mol. The number of nitrogens with one attached hydrogen (secondary N) is 3. The molecule has 1 saturated carbocycles. The quantitative estimate of drug-likeness (QED) is 0.489. The Hall–Kier alpha value is -2.80. The highest BCUT2D eigenvalue weighted by Gasteiger charge is 2.24. The molecule has 1 aliphatic heterocycles. The van der Waals surface area contributed by atoms with E-state index < -0.39 is 11.2 Å². The van der Waals surface area contributed by atoms with Gasteiger partial charge in [0, 0.05) is 29.9 Å². The Labute approximate surface area is 184 Å². The Morgan fingerprint density at radius 3 is 2.90 bits per heavy atom. The fourth-order valence-corrected chi connectivity index (χ4v) is 4.83. The molecule has 3 aromatic rings. The molecule has 3 heterocycles. The first-order valence-corrected chi connectivity index (χ1v) is 12.3. The van der Waals surface area contributed by atoms with Gasteiger partial charge in [-0.05, 0) is 49.4 Å². The van der Waals surface area contributed by atoms with Crippen molar-refractivity contribution >= 4 is 34.1 Å². The van der Waals surface area contributed by atoms with Crippen LogP contribution < -0.4 is 16.0 Å². The number of anilines is 3. The average Bonchev–Trinajstić information content (AvgIpc) is 3.23. The van der Waals surface area contributed by atoms with Crippen LogP contribution in [0.5, 0.6) is 0 Å². The Bertz CT molecular complexity index is 1140. The first-order valence-electron chi connectivity index (χ1n) is 10.6. The van der Waals surface area contributed by atoms with E-state index in [4.69, 9.17) is 0 Å². The molecule has 9 heteroatoms. The summed E-state index contributed by atoms with van der Waals surface area (Å²) < 4.78 is 13.7. The minimum atomic E-state index is -0.924. The fourth-order valence-electron chi connectivity index (χ4n) is 4.14. The number of hydrogen-bond acceptors (Lipinski definition) is 7. The van der Waals surface area contributed by atoms with Crippen LogP contribution in [-0.4, -0.2) is 44.5 Å². The van der Waals surface area contributed by atoms with Crippen molar-refractivity contribution in [3.8, 4) is 6.07 Å². The standard InChI is InChI=1S/C22H25N7OS/c1-31(30)13-15-8-18(4-5-19(15)14-6-7-24-11-14)26-20-9-21(27-17-2-3-17)29-22(28-20)16(10-23)12-25-29/h4-5,8-9,12,14,17,24,27H,2-3,6-7,11,13H2,1H3,(H,26,28). The van der Waals surface area contributed by atoms with Crippen molar-refractivity contribution < 1.29 is 4.55 Å². The third-order valence-corrected chi connectivity index (χ3v) is 6.51. The highest BCUT2D eigenvalue weighted by atomic mass is 32.2. The van der Waals surface area contributed by atoms with Gasteiger partial charge in [-0.3, -0.25) is 0 Å². The molecule has 8 nitrogen and oxygen atoms in total. The van der Waals surface area contributed by atoms with E-state index in [9.17, 15) is 9.81 Å². The molecular weight excluding hydrogens is 410 g/mol. The maximum atomic E-state index is 12.0. The predicted octanol–water partition coefficient (Wildman–Crippen LogP) is 2.87. The van der Waals surface area contributed by atoms with Crippen LogP contribution in [0.3, 0.4) is 0 Å². The van der Waals surface area contributed by atoms with Crippen molar-refractivity contribution in [1.82, 2.24) is 19.9 Å². The second-order valence-corrected chi connectivity index (χ2v) is 9.73. The van der Waals surface area contributed by atoms with Gasteiger partial charge in [0.2, 0.25) is 0 Å². The summed E-state index contributed by atoms with van der Waals surface area (Å²) in [7, 11) is 0. The van der Waals surface area contributed by atoms with Gasteiger partial charge in [0.25, 0.3) is 0 Å². The van der Waals surface area contributed by atoms with Gasteiger partial charge in [-0.1, -0.05) is 17.2 Å². The van der Waals surface area contributed by atoms with Gasteiger partial charge >= 0.3 is 0 Å². The van der Waals surface area contributed by atoms with Gasteiger partial charge in [0.1, 0.15) is 29.0 Å². The third kappa shape index (κ3) is 4.32. The second-order valence-electron chi connectivity index (χ2n) is 8.30. The smallest absolute Gasteiger partial charge is 0.177 e. The number of nitrogens with zero attached hydrogens (tertiary/aromatic N) is 4. The highest BCUT2D eigenvalue weighted by molar-refractivity contribution is 7.89. The van der Waals surface area contributed by atoms with Gasteiger partial charge in [0.15, 0.2) is 5.65 Å². The lowest BCUT2D eigenvalue weighted by molar-refractivity contribution is 0.599. The molecule has 0 amide bonds. The van der Waals surface area contributed by atoms with Crippen LogP contribution in [0.4, 0.5) is 17.3 Å². The molecule has 31 heavy (non-hydrogen) atoms. The van der Waals surface area contributed by atoms with Crippen LogP contribution in [0.15, 0.2) is 30.5 Å². The number of rotatable bonds is 7. The molecule has 0 bridgehead atoms. The van der Waals surface area contributed by atoms with Crippen molar-refractivity contribution in [3.63, 3.8) is 0 Å². The van der Waals surface area contributed by atoms with Crippen LogP contribution >= 0.6 is 0 Å². The molecule has 2 aromatic heterocycles. The molecule has 5 rings (SSSR count). The summed E-state index contributed by atoms with van der Waals surface area (Å²) in [6.07, 6.45) is 6.65. The van der Waals surface area contributed by atoms with E-state index in [1.165, 1.54) is 5.56 Å². The molecule has 160 valence electrons. The molecule has 1 aromatic carbocycles. The van der Waals surface area contributed by atoms with E-state index >= 15 is 0 Å². The molecule has 3 N–H and O–H groups in total. The van der Waals surface area contributed by atoms with Gasteiger partial charge in [0.05, 0.1) is 12.5 Å². The largest absolute Gasteiger partial charge is 0.616 e. The summed E-state index contributed by atoms with van der Waals surface area (Å²) in [6, 6.07) is 10.8. The van der Waals surface area contributed by atoms with Gasteiger partial charge in [-0.25, -0.2) is 4.98 Å². The second kappa shape index (κ2) is 8.38. The molecule has 1 saturated heterocycles. The molecule has 1 aliphatic carbocycles. The van der Waals surface area contributed by atoms with E-state index in [2.05, 4.69) is 50.3 Å². The molecule has 0 radical (unpaired) electrons. The van der Waals surface area contributed by atoms with Crippen molar-refractivity contribution in [2.45, 2.75) is 37.0 Å². The Kier molecular flexibility index (Phi) is 5.44. The lowest BCUT2D eigenvalue weighted by Crippen LogP contribution is -2.12. The number of fused-ring (bicyclic) bond motifs is 1. The molecule has 2 atom stereocenters. The van der Waals surface area contributed by atoms with Crippen molar-refractivity contribution in [3.05, 3.63) is 47.2 Å². The van der Waals surface area contributed by atoms with Crippen molar-refractivity contribution in [1.29, 1.82) is 5.26 Å². The number of benzene rings is 1. The van der Waals surface area contributed by atoms with Crippen LogP contribution in [0.1, 0.15) is 41.9 Å². The average molecular weight is 436 g/mol. The summed E-state index contributed by atoms with van der Waals surface area (Å²) in [5, 5.41) is 24.0. The van der Waals surface area contributed by atoms with Crippen LogP contribution in [0.2, 0.25) is 0 Å². The van der Waals surface area contributed by atoms with E-state index in [0.29, 0.717) is 34.7 Å². The molecule has 2 unspecified atom stereocenters. The highest BCUT2D eigenvalue weighted by Crippen LogP contribution is 2.31. The summed E-state index contributed by atoms with van der Waals surface area (Å²) >= 11 is -0.924. The number of nitriles is 1. The molecular formula is C22H25N7OS. The zero-order chi connectivity index (χ0) is 21.4. The normalized spacial score (nSPS) is 19.3. The van der Waals surface area contributed by atoms with Crippen LogP contribution in [0, 0.1) is 11.3 Å². The fraction of sp³-hybridized carbons (Fsp3) is 0.409. The molecule has 2 aliphatic rings. The Morgan fingerprint density at radius 1 is 1.32 bits per heavy atom. The SMILES string of the molecule is C[S+]([O-])Cc1cc(Nc2cc(NC3CC3)n3ncc(C#N)c3n2)ccc1C1CCNC1. The minimum absolute atomic E-state index is 0.439. The van der Waals surface area contributed by atoms with Gasteiger partial charge < -0.3 is 20.5 Å². The lowest BCUT2D eigenvalue weighted by Gasteiger charge is -2.18. The number of aromatic nitrogens is 3. The van der Waals surface area contributed by atoms with E-state index in [1.807, 2.05) is 6.07 Å². The minimum Gasteiger partial charge on any atom is -0.616 e. The van der Waals surface area contributed by atoms with E-state index in [0.717, 1.165) is 49.4 Å². The summed E-state index contributed by atoms with van der Waals surface area (Å²) in [5.74, 6) is 2.46. The monoisotopic (exact) mass is 435 g/mol. The zero-order valence-electron chi connectivity index (χ0n) is 17.4. The van der Waals surface area contributed by atoms with Gasteiger partial charge in [-0.15, -0.1) is 0 Å². The Balaban J connectivity index is 1.49. The maximum Gasteiger partial charge on any atom is 0.177 e. The van der Waals surface area contributed by atoms with Crippen LogP contribution in [0.25, 0.3) is 5.65 Å². The lowest BCUT2D eigenvalue weighted by atomic mass is 9.93. The maximum absolute atomic E-state index is 12.0. The van der Waals surface area contributed by atoms with Crippen molar-refractivity contribution in [2.24, 2.45) is 0 Å². The van der Waals surface area contributed by atoms with Crippen molar-refractivity contribution in [2.75, 3.05) is 30.0 Å². The first kappa shape index (κ1) is 20.1. The van der Waals surface area contributed by atoms with Gasteiger partial charge in [-0.2, -0.15) is 14.9 Å². The van der Waals surface area contributed by atoms with E-state index in [1.54, 1.807) is 17.0 Å². The summed E-state index contributed by atoms with van der Waals surface area (Å²) in [6.45, 7) is 1.98. The Morgan fingerprint density at radius 2 is 2.19 bits per heavy atom. The molecule has 2 fully saturated rings. The molecule has 0 spiro atoms. The first-order chi connectivity index (χ1) is 15.1. The van der Waals surface area contributed by atoms with E-state index in [-0.39, 0.29) is 0 Å². The topological polar surface area (TPSA) is 113 Å². The number of hydrogen-bond donors (Lipinski definition) is 3. The zero-order valence-corrected chi connectivity index (χ0v) is 18.2.